The van der Waals surface area contributed by atoms with Crippen LogP contribution in [0.1, 0.15) is 54.3 Å². The predicted molar refractivity (Wildman–Crippen MR) is 75.8 cm³/mol. The zero-order valence-electron chi connectivity index (χ0n) is 11.0. The maximum absolute atomic E-state index is 11.1. The number of amides is 1. The van der Waals surface area contributed by atoms with E-state index in [4.69, 9.17) is 5.73 Å². The molecule has 1 aromatic heterocycles. The lowest BCUT2D eigenvalue weighted by Crippen LogP contribution is -2.33. The molecule has 4 heteroatoms. The molecular formula is C14H22N2OS. The number of carbonyl (C=O) groups excluding carboxylic acids is 1. The first-order valence-electron chi connectivity index (χ1n) is 6.82. The topological polar surface area (TPSA) is 46.3 Å². The first kappa shape index (κ1) is 13.6. The molecule has 3 nitrogen and oxygen atoms in total. The number of hydrogen-bond donors (Lipinski definition) is 1. The number of likely N-dealkylation sites (tertiary alicyclic amines) is 1. The number of rotatable bonds is 4. The van der Waals surface area contributed by atoms with Crippen molar-refractivity contribution in [3.8, 4) is 0 Å². The Morgan fingerprint density at radius 1 is 1.50 bits per heavy atom. The third-order valence-electron chi connectivity index (χ3n) is 3.77. The van der Waals surface area contributed by atoms with E-state index in [1.807, 2.05) is 11.4 Å². The molecule has 0 spiro atoms. The molecule has 2 N–H and O–H groups in total. The summed E-state index contributed by atoms with van der Waals surface area (Å²) < 4.78 is 0. The normalized spacial score (nSPS) is 21.7. The zero-order chi connectivity index (χ0) is 13.0. The highest BCUT2D eigenvalue weighted by atomic mass is 32.1. The van der Waals surface area contributed by atoms with Gasteiger partial charge in [-0.25, -0.2) is 0 Å². The van der Waals surface area contributed by atoms with Crippen LogP contribution in [-0.2, 0) is 6.54 Å². The highest BCUT2D eigenvalue weighted by molar-refractivity contribution is 7.10. The lowest BCUT2D eigenvalue weighted by molar-refractivity contribution is 0.100. The van der Waals surface area contributed by atoms with E-state index in [0.29, 0.717) is 11.6 Å². The third kappa shape index (κ3) is 3.33. The average Bonchev–Trinajstić information content (AvgIpc) is 2.70. The van der Waals surface area contributed by atoms with Crippen LogP contribution in [0.5, 0.6) is 0 Å². The molecule has 1 aliphatic heterocycles. The van der Waals surface area contributed by atoms with Crippen LogP contribution in [0.3, 0.4) is 0 Å². The van der Waals surface area contributed by atoms with E-state index in [1.165, 1.54) is 43.5 Å². The lowest BCUT2D eigenvalue weighted by atomic mass is 10.1. The standard InChI is InChI=1S/C14H22N2OS/c1-2-12-6-4-3-5-7-16(12)9-13-8-11(10-18-13)14(15)17/h8,10,12H,2-7,9H2,1H3,(H2,15,17). The molecular weight excluding hydrogens is 244 g/mol. The van der Waals surface area contributed by atoms with Crippen molar-refractivity contribution in [2.24, 2.45) is 5.73 Å². The highest BCUT2D eigenvalue weighted by Crippen LogP contribution is 2.23. The Kier molecular flexibility index (Phi) is 4.78. The molecule has 18 heavy (non-hydrogen) atoms. The molecule has 1 amide bonds. The van der Waals surface area contributed by atoms with E-state index in [1.54, 1.807) is 11.3 Å². The molecule has 0 aliphatic carbocycles. The van der Waals surface area contributed by atoms with E-state index in [0.717, 1.165) is 6.54 Å². The van der Waals surface area contributed by atoms with Crippen LogP contribution in [0.25, 0.3) is 0 Å². The first-order chi connectivity index (χ1) is 8.70. The molecule has 2 rings (SSSR count). The molecule has 1 saturated heterocycles. The minimum Gasteiger partial charge on any atom is -0.366 e. The maximum atomic E-state index is 11.1. The Labute approximate surface area is 113 Å². The summed E-state index contributed by atoms with van der Waals surface area (Å²) in [6, 6.07) is 2.65. The third-order valence-corrected chi connectivity index (χ3v) is 4.69. The van der Waals surface area contributed by atoms with E-state index in [-0.39, 0.29) is 5.91 Å². The summed E-state index contributed by atoms with van der Waals surface area (Å²) in [6.45, 7) is 4.42. The highest BCUT2D eigenvalue weighted by Gasteiger charge is 2.20. The van der Waals surface area contributed by atoms with Gasteiger partial charge in [0.25, 0.3) is 0 Å². The van der Waals surface area contributed by atoms with Crippen molar-refractivity contribution >= 4 is 17.2 Å². The second kappa shape index (κ2) is 6.34. The number of primary amides is 1. The van der Waals surface area contributed by atoms with Crippen molar-refractivity contribution in [2.75, 3.05) is 6.54 Å². The lowest BCUT2D eigenvalue weighted by Gasteiger charge is -2.28. The maximum Gasteiger partial charge on any atom is 0.249 e. The van der Waals surface area contributed by atoms with Crippen LogP contribution in [-0.4, -0.2) is 23.4 Å². The smallest absolute Gasteiger partial charge is 0.249 e. The minimum atomic E-state index is -0.319. The number of thiophene rings is 1. The van der Waals surface area contributed by atoms with Gasteiger partial charge in [-0.2, -0.15) is 0 Å². The summed E-state index contributed by atoms with van der Waals surface area (Å²) in [5, 5.41) is 1.87. The average molecular weight is 266 g/mol. The van der Waals surface area contributed by atoms with Crippen LogP contribution >= 0.6 is 11.3 Å². The second-order valence-electron chi connectivity index (χ2n) is 5.05. The van der Waals surface area contributed by atoms with Crippen molar-refractivity contribution in [3.05, 3.63) is 21.9 Å². The Hall–Kier alpha value is -0.870. The molecule has 0 saturated carbocycles. The van der Waals surface area contributed by atoms with Gasteiger partial charge in [0.15, 0.2) is 0 Å². The zero-order valence-corrected chi connectivity index (χ0v) is 11.8. The van der Waals surface area contributed by atoms with E-state index in [2.05, 4.69) is 11.8 Å². The van der Waals surface area contributed by atoms with Crippen molar-refractivity contribution in [1.29, 1.82) is 0 Å². The SMILES string of the molecule is CCC1CCCCCN1Cc1cc(C(N)=O)cs1. The second-order valence-corrected chi connectivity index (χ2v) is 6.04. The van der Waals surface area contributed by atoms with Gasteiger partial charge in [0.05, 0.1) is 5.56 Å². The van der Waals surface area contributed by atoms with Crippen LogP contribution in [0.2, 0.25) is 0 Å². The quantitative estimate of drug-likeness (QED) is 0.910. The summed E-state index contributed by atoms with van der Waals surface area (Å²) in [7, 11) is 0. The van der Waals surface area contributed by atoms with Gasteiger partial charge in [0.2, 0.25) is 5.91 Å². The summed E-state index contributed by atoms with van der Waals surface area (Å²) in [6.07, 6.45) is 6.53. The molecule has 1 atom stereocenters. The number of carbonyl (C=O) groups is 1. The number of nitrogens with two attached hydrogens (primary N) is 1. The Bertz CT molecular complexity index is 402. The molecule has 2 heterocycles. The van der Waals surface area contributed by atoms with Gasteiger partial charge in [-0.05, 0) is 31.9 Å². The summed E-state index contributed by atoms with van der Waals surface area (Å²) in [5.74, 6) is -0.319. The summed E-state index contributed by atoms with van der Waals surface area (Å²) >= 11 is 1.65. The van der Waals surface area contributed by atoms with Crippen molar-refractivity contribution in [1.82, 2.24) is 4.90 Å². The molecule has 0 radical (unpaired) electrons. The fourth-order valence-corrected chi connectivity index (χ4v) is 3.60. The minimum absolute atomic E-state index is 0.319. The predicted octanol–water partition coefficient (Wildman–Crippen LogP) is 3.00. The fourth-order valence-electron chi connectivity index (χ4n) is 2.70. The van der Waals surface area contributed by atoms with E-state index >= 15 is 0 Å². The van der Waals surface area contributed by atoms with Gasteiger partial charge in [0.1, 0.15) is 0 Å². The van der Waals surface area contributed by atoms with Gasteiger partial charge in [-0.3, -0.25) is 9.69 Å². The van der Waals surface area contributed by atoms with Crippen LogP contribution in [0.4, 0.5) is 0 Å². The molecule has 0 bridgehead atoms. The molecule has 100 valence electrons. The molecule has 0 aromatic carbocycles. The largest absolute Gasteiger partial charge is 0.366 e. The van der Waals surface area contributed by atoms with Crippen molar-refractivity contribution in [2.45, 2.75) is 51.6 Å². The summed E-state index contributed by atoms with van der Waals surface area (Å²) in [5.41, 5.74) is 5.94. The van der Waals surface area contributed by atoms with Crippen LogP contribution in [0.15, 0.2) is 11.4 Å². The van der Waals surface area contributed by atoms with E-state index in [9.17, 15) is 4.79 Å². The molecule has 1 unspecified atom stereocenters. The Morgan fingerprint density at radius 2 is 2.33 bits per heavy atom. The molecule has 1 aromatic rings. The first-order valence-corrected chi connectivity index (χ1v) is 7.70. The van der Waals surface area contributed by atoms with Gasteiger partial charge in [-0.15, -0.1) is 11.3 Å². The fraction of sp³-hybridized carbons (Fsp3) is 0.643. The molecule has 1 fully saturated rings. The van der Waals surface area contributed by atoms with Crippen molar-refractivity contribution < 1.29 is 4.79 Å². The molecule has 1 aliphatic rings. The van der Waals surface area contributed by atoms with E-state index < -0.39 is 0 Å². The van der Waals surface area contributed by atoms with Gasteiger partial charge in [0, 0.05) is 22.8 Å². The number of nitrogens with zero attached hydrogens (tertiary/aromatic N) is 1. The van der Waals surface area contributed by atoms with Gasteiger partial charge < -0.3 is 5.73 Å². The Balaban J connectivity index is 2.02. The van der Waals surface area contributed by atoms with Crippen molar-refractivity contribution in [3.63, 3.8) is 0 Å². The van der Waals surface area contributed by atoms with Crippen LogP contribution in [0, 0.1) is 0 Å². The van der Waals surface area contributed by atoms with Gasteiger partial charge in [-0.1, -0.05) is 19.8 Å². The van der Waals surface area contributed by atoms with Gasteiger partial charge >= 0.3 is 0 Å². The summed E-state index contributed by atoms with van der Waals surface area (Å²) in [4.78, 5) is 14.9. The number of hydrogen-bond acceptors (Lipinski definition) is 3. The Morgan fingerprint density at radius 3 is 3.00 bits per heavy atom. The van der Waals surface area contributed by atoms with Crippen LogP contribution < -0.4 is 5.73 Å². The monoisotopic (exact) mass is 266 g/mol.